The van der Waals surface area contributed by atoms with E-state index in [1.54, 1.807) is 19.2 Å². The molecule has 0 aliphatic heterocycles. The van der Waals surface area contributed by atoms with E-state index in [0.29, 0.717) is 23.3 Å². The van der Waals surface area contributed by atoms with Crippen LogP contribution in [0.1, 0.15) is 11.1 Å². The van der Waals surface area contributed by atoms with Gasteiger partial charge in [-0.3, -0.25) is 0 Å². The predicted octanol–water partition coefficient (Wildman–Crippen LogP) is 5.06. The van der Waals surface area contributed by atoms with Crippen molar-refractivity contribution in [2.75, 3.05) is 13.7 Å². The molecule has 0 fully saturated rings. The van der Waals surface area contributed by atoms with Crippen molar-refractivity contribution in [3.05, 3.63) is 58.6 Å². The zero-order valence-electron chi connectivity index (χ0n) is 11.2. The van der Waals surface area contributed by atoms with Crippen LogP contribution in [0.5, 0.6) is 11.5 Å². The predicted molar refractivity (Wildman–Crippen MR) is 83.1 cm³/mol. The fourth-order valence-corrected chi connectivity index (χ4v) is 2.19. The second kappa shape index (κ2) is 7.53. The third-order valence-corrected chi connectivity index (χ3v) is 3.44. The maximum Gasteiger partial charge on any atom is 0.133 e. The molecule has 0 aliphatic carbocycles. The number of alkyl halides is 1. The van der Waals surface area contributed by atoms with Crippen LogP contribution in [0.3, 0.4) is 0 Å². The van der Waals surface area contributed by atoms with Crippen LogP contribution < -0.4 is 4.74 Å². The van der Waals surface area contributed by atoms with Gasteiger partial charge in [0.05, 0.1) is 12.5 Å². The number of hydrogen-bond acceptors (Lipinski definition) is 2. The van der Waals surface area contributed by atoms with E-state index in [2.05, 4.69) is 0 Å². The summed E-state index contributed by atoms with van der Waals surface area (Å²) in [5.74, 6) is 1.84. The number of ether oxygens (including phenoxy) is 2. The number of rotatable bonds is 6. The summed E-state index contributed by atoms with van der Waals surface area (Å²) >= 11 is 11.9. The molecule has 0 aliphatic rings. The Morgan fingerprint density at radius 1 is 1.05 bits per heavy atom. The Labute approximate surface area is 129 Å². The molecule has 2 aromatic rings. The Kier molecular flexibility index (Phi) is 5.72. The van der Waals surface area contributed by atoms with Gasteiger partial charge in [0.1, 0.15) is 11.5 Å². The van der Waals surface area contributed by atoms with Crippen molar-refractivity contribution in [1.82, 2.24) is 0 Å². The van der Waals surface area contributed by atoms with Crippen LogP contribution in [-0.4, -0.2) is 13.7 Å². The Morgan fingerprint density at radius 2 is 1.80 bits per heavy atom. The van der Waals surface area contributed by atoms with Gasteiger partial charge in [0.15, 0.2) is 0 Å². The summed E-state index contributed by atoms with van der Waals surface area (Å²) in [4.78, 5) is 0. The van der Waals surface area contributed by atoms with Gasteiger partial charge in [-0.15, -0.1) is 11.6 Å². The molecule has 0 bridgehead atoms. The molecular weight excluding hydrogens is 295 g/mol. The minimum Gasteiger partial charge on any atom is -0.457 e. The van der Waals surface area contributed by atoms with E-state index >= 15 is 0 Å². The van der Waals surface area contributed by atoms with E-state index in [9.17, 15) is 0 Å². The van der Waals surface area contributed by atoms with Crippen molar-refractivity contribution >= 4 is 23.2 Å². The maximum absolute atomic E-state index is 5.99. The van der Waals surface area contributed by atoms with E-state index in [4.69, 9.17) is 32.7 Å². The fourth-order valence-electron chi connectivity index (χ4n) is 1.80. The van der Waals surface area contributed by atoms with Crippen LogP contribution in [0.15, 0.2) is 42.5 Å². The van der Waals surface area contributed by atoms with Gasteiger partial charge in [0.25, 0.3) is 0 Å². The van der Waals surface area contributed by atoms with Gasteiger partial charge in [0.2, 0.25) is 0 Å². The summed E-state index contributed by atoms with van der Waals surface area (Å²) in [6.07, 6.45) is 0.890. The Morgan fingerprint density at radius 3 is 2.45 bits per heavy atom. The lowest BCUT2D eigenvalue weighted by atomic mass is 10.1. The summed E-state index contributed by atoms with van der Waals surface area (Å²) in [5.41, 5.74) is 2.13. The van der Waals surface area contributed by atoms with E-state index < -0.39 is 0 Å². The highest BCUT2D eigenvalue weighted by atomic mass is 35.5. The molecule has 2 rings (SSSR count). The monoisotopic (exact) mass is 310 g/mol. The SMILES string of the molecule is COCCc1ccc(Oc2cc(Cl)ccc2CCl)cc1. The lowest BCUT2D eigenvalue weighted by Gasteiger charge is -2.10. The molecular formula is C16H16Cl2O2. The lowest BCUT2D eigenvalue weighted by Crippen LogP contribution is -1.94. The van der Waals surface area contributed by atoms with Gasteiger partial charge in [0, 0.05) is 17.7 Å². The van der Waals surface area contributed by atoms with E-state index in [1.165, 1.54) is 5.56 Å². The molecule has 0 saturated carbocycles. The number of methoxy groups -OCH3 is 1. The molecule has 0 N–H and O–H groups in total. The fraction of sp³-hybridized carbons (Fsp3) is 0.250. The van der Waals surface area contributed by atoms with Crippen molar-refractivity contribution < 1.29 is 9.47 Å². The number of halogens is 2. The van der Waals surface area contributed by atoms with Crippen molar-refractivity contribution in [3.8, 4) is 11.5 Å². The Balaban J connectivity index is 2.11. The Bertz CT molecular complexity index is 553. The zero-order chi connectivity index (χ0) is 14.4. The minimum atomic E-state index is 0.387. The van der Waals surface area contributed by atoms with Crippen molar-refractivity contribution in [2.45, 2.75) is 12.3 Å². The van der Waals surface area contributed by atoms with Crippen LogP contribution in [0.25, 0.3) is 0 Å². The normalized spacial score (nSPS) is 10.6. The molecule has 2 nitrogen and oxygen atoms in total. The first-order valence-corrected chi connectivity index (χ1v) is 7.24. The molecule has 0 heterocycles. The van der Waals surface area contributed by atoms with Gasteiger partial charge < -0.3 is 9.47 Å². The third-order valence-electron chi connectivity index (χ3n) is 2.92. The molecule has 0 atom stereocenters. The summed E-state index contributed by atoms with van der Waals surface area (Å²) in [7, 11) is 1.70. The van der Waals surface area contributed by atoms with Gasteiger partial charge in [-0.2, -0.15) is 0 Å². The second-order valence-corrected chi connectivity index (χ2v) is 5.08. The lowest BCUT2D eigenvalue weighted by molar-refractivity contribution is 0.202. The van der Waals surface area contributed by atoms with Crippen LogP contribution >= 0.6 is 23.2 Å². The van der Waals surface area contributed by atoms with Crippen LogP contribution in [-0.2, 0) is 17.0 Å². The molecule has 0 spiro atoms. The summed E-state index contributed by atoms with van der Waals surface area (Å²) in [6, 6.07) is 13.4. The van der Waals surface area contributed by atoms with Gasteiger partial charge in [-0.05, 0) is 36.2 Å². The quantitative estimate of drug-likeness (QED) is 0.694. The Hall–Kier alpha value is -1.22. The molecule has 20 heavy (non-hydrogen) atoms. The molecule has 2 aromatic carbocycles. The molecule has 0 radical (unpaired) electrons. The van der Waals surface area contributed by atoms with Crippen molar-refractivity contribution in [1.29, 1.82) is 0 Å². The minimum absolute atomic E-state index is 0.387. The highest BCUT2D eigenvalue weighted by Gasteiger charge is 2.05. The van der Waals surface area contributed by atoms with Gasteiger partial charge in [-0.25, -0.2) is 0 Å². The highest BCUT2D eigenvalue weighted by Crippen LogP contribution is 2.29. The zero-order valence-corrected chi connectivity index (χ0v) is 12.7. The number of benzene rings is 2. The van der Waals surface area contributed by atoms with Crippen LogP contribution in [0, 0.1) is 0 Å². The molecule has 106 valence electrons. The third kappa shape index (κ3) is 4.14. The van der Waals surface area contributed by atoms with E-state index in [1.807, 2.05) is 30.3 Å². The first-order valence-electron chi connectivity index (χ1n) is 6.33. The van der Waals surface area contributed by atoms with Gasteiger partial charge in [-0.1, -0.05) is 29.8 Å². The highest BCUT2D eigenvalue weighted by molar-refractivity contribution is 6.30. The summed E-state index contributed by atoms with van der Waals surface area (Å²) in [5, 5.41) is 0.630. The van der Waals surface area contributed by atoms with Crippen molar-refractivity contribution in [2.24, 2.45) is 0 Å². The molecule has 0 unspecified atom stereocenters. The molecule has 4 heteroatoms. The molecule has 0 amide bonds. The van der Waals surface area contributed by atoms with E-state index in [-0.39, 0.29) is 0 Å². The van der Waals surface area contributed by atoms with E-state index in [0.717, 1.165) is 17.7 Å². The van der Waals surface area contributed by atoms with Gasteiger partial charge >= 0.3 is 0 Å². The smallest absolute Gasteiger partial charge is 0.133 e. The average molecular weight is 311 g/mol. The first-order chi connectivity index (χ1) is 9.72. The standard InChI is InChI=1S/C16H16Cl2O2/c1-19-9-8-12-2-6-15(7-3-12)20-16-10-14(18)5-4-13(16)11-17/h2-7,10H,8-9,11H2,1H3. The van der Waals surface area contributed by atoms with Crippen LogP contribution in [0.2, 0.25) is 5.02 Å². The second-order valence-electron chi connectivity index (χ2n) is 4.37. The summed E-state index contributed by atoms with van der Waals surface area (Å²) < 4.78 is 10.9. The maximum atomic E-state index is 5.99. The first kappa shape index (κ1) is 15.2. The molecule has 0 aromatic heterocycles. The number of hydrogen-bond donors (Lipinski definition) is 0. The van der Waals surface area contributed by atoms with Crippen LogP contribution in [0.4, 0.5) is 0 Å². The largest absolute Gasteiger partial charge is 0.457 e. The summed E-state index contributed by atoms with van der Waals surface area (Å²) in [6.45, 7) is 0.713. The molecule has 0 saturated heterocycles. The topological polar surface area (TPSA) is 18.5 Å². The average Bonchev–Trinajstić information content (AvgIpc) is 2.47. The van der Waals surface area contributed by atoms with Crippen molar-refractivity contribution in [3.63, 3.8) is 0 Å².